The van der Waals surface area contributed by atoms with Crippen molar-refractivity contribution in [2.75, 3.05) is 4.90 Å². The minimum absolute atomic E-state index is 0.0274. The molecule has 0 N–H and O–H groups in total. The normalized spacial score (nSPS) is 12.5. The Morgan fingerprint density at radius 2 is 1.02 bits per heavy atom. The van der Waals surface area contributed by atoms with Crippen LogP contribution < -0.4 is 4.90 Å². The van der Waals surface area contributed by atoms with Gasteiger partial charge in [0.2, 0.25) is 0 Å². The monoisotopic (exact) mass is 739 g/mol. The van der Waals surface area contributed by atoms with Crippen LogP contribution in [0.25, 0.3) is 53.6 Å². The largest absolute Gasteiger partial charge is 0.309 e. The molecule has 0 unspecified atom stereocenters. The van der Waals surface area contributed by atoms with Crippen molar-refractivity contribution in [1.82, 2.24) is 0 Å². The summed E-state index contributed by atoms with van der Waals surface area (Å²) in [5.41, 5.74) is 18.0. The Hall–Kier alpha value is -6.22. The third-order valence-corrected chi connectivity index (χ3v) is 12.8. The number of thiophene rings is 1. The molecule has 0 aliphatic heterocycles. The van der Waals surface area contributed by atoms with Gasteiger partial charge in [0, 0.05) is 32.3 Å². The molecule has 0 atom stereocenters. The lowest BCUT2D eigenvalue weighted by Gasteiger charge is -2.27. The van der Waals surface area contributed by atoms with E-state index in [0.29, 0.717) is 0 Å². The maximum atomic E-state index is 2.45. The van der Waals surface area contributed by atoms with Gasteiger partial charge in [-0.3, -0.25) is 0 Å². The van der Waals surface area contributed by atoms with Gasteiger partial charge in [-0.15, -0.1) is 11.3 Å². The van der Waals surface area contributed by atoms with Crippen LogP contribution in [0.5, 0.6) is 0 Å². The number of rotatable bonds is 5. The maximum Gasteiger partial charge on any atom is 0.0640 e. The van der Waals surface area contributed by atoms with Gasteiger partial charge in [0.1, 0.15) is 0 Å². The van der Waals surface area contributed by atoms with E-state index in [1.54, 1.807) is 0 Å². The second-order valence-corrected chi connectivity index (χ2v) is 16.5. The first kappa shape index (κ1) is 35.5. The molecule has 0 radical (unpaired) electrons. The zero-order valence-corrected chi connectivity index (χ0v) is 33.5. The van der Waals surface area contributed by atoms with Gasteiger partial charge in [-0.2, -0.15) is 0 Å². The van der Waals surface area contributed by atoms with E-state index >= 15 is 0 Å². The molecule has 2 heteroatoms. The highest BCUT2D eigenvalue weighted by Crippen LogP contribution is 2.52. The molecule has 1 aliphatic carbocycles. The highest BCUT2D eigenvalue weighted by molar-refractivity contribution is 7.27. The molecule has 0 saturated heterocycles. The minimum Gasteiger partial charge on any atom is -0.309 e. The molecule has 0 saturated carbocycles. The molecule has 9 aromatic rings. The van der Waals surface area contributed by atoms with Crippen LogP contribution in [0, 0.1) is 20.8 Å². The first-order chi connectivity index (χ1) is 27.3. The molecule has 1 aromatic heterocycles. The molecule has 10 rings (SSSR count). The van der Waals surface area contributed by atoms with Crippen molar-refractivity contribution in [3.63, 3.8) is 0 Å². The van der Waals surface area contributed by atoms with Crippen molar-refractivity contribution in [2.45, 2.75) is 40.0 Å². The fraction of sp³-hybridized carbons (Fsp3) is 0.111. The molecule has 0 amide bonds. The Labute approximate surface area is 335 Å². The fourth-order valence-corrected chi connectivity index (χ4v) is 9.94. The average Bonchev–Trinajstić information content (AvgIpc) is 3.72. The molecule has 0 fully saturated rings. The summed E-state index contributed by atoms with van der Waals surface area (Å²) in [6, 6.07) is 66.3. The molecule has 272 valence electrons. The number of aryl methyl sites for hydroxylation is 3. The lowest BCUT2D eigenvalue weighted by molar-refractivity contribution is 0.660. The molecular formula is C54H45NS. The quantitative estimate of drug-likeness (QED) is 0.170. The van der Waals surface area contributed by atoms with E-state index in [2.05, 4.69) is 203 Å². The van der Waals surface area contributed by atoms with Crippen molar-refractivity contribution in [3.05, 3.63) is 210 Å². The van der Waals surface area contributed by atoms with Crippen molar-refractivity contribution in [2.24, 2.45) is 0 Å². The topological polar surface area (TPSA) is 3.24 Å². The molecule has 1 nitrogen and oxygen atoms in total. The third-order valence-electron chi connectivity index (χ3n) is 11.5. The minimum atomic E-state index is -0.0274. The first-order valence-corrected chi connectivity index (χ1v) is 20.3. The number of para-hydroxylation sites is 1. The van der Waals surface area contributed by atoms with Crippen molar-refractivity contribution >= 4 is 48.6 Å². The summed E-state index contributed by atoms with van der Waals surface area (Å²) in [7, 11) is 0. The maximum absolute atomic E-state index is 2.45. The second kappa shape index (κ2) is 14.5. The summed E-state index contributed by atoms with van der Waals surface area (Å²) in [5, 5.41) is 2.60. The van der Waals surface area contributed by atoms with E-state index < -0.39 is 0 Å². The Kier molecular flexibility index (Phi) is 9.16. The summed E-state index contributed by atoms with van der Waals surface area (Å²) >= 11 is 1.91. The van der Waals surface area contributed by atoms with Crippen molar-refractivity contribution in [3.8, 4) is 33.4 Å². The standard InChI is InChI=1S/C47H37NS.C7H8/c1-30-14-8-9-17-35(30)36-26-24-32(28-31(36)2)37-19-12-20-39-40-21-13-23-44(46(40)49-45(37)39)48(33-15-6-5-7-16-33)34-25-27-43-41(29-34)38-18-10-11-22-42(38)47(43,3)4;1-7-5-3-2-4-6-7/h5-29H,1-4H3;2-6H,1H3. The number of fused-ring (bicyclic) bond motifs is 6. The van der Waals surface area contributed by atoms with Gasteiger partial charge in [-0.1, -0.05) is 171 Å². The van der Waals surface area contributed by atoms with Crippen LogP contribution in [-0.2, 0) is 5.41 Å². The summed E-state index contributed by atoms with van der Waals surface area (Å²) < 4.78 is 2.62. The van der Waals surface area contributed by atoms with E-state index in [1.807, 2.05) is 29.5 Å². The highest BCUT2D eigenvalue weighted by atomic mass is 32.1. The predicted octanol–water partition coefficient (Wildman–Crippen LogP) is 15.8. The molecule has 1 aliphatic rings. The van der Waals surface area contributed by atoms with Gasteiger partial charge in [0.05, 0.1) is 10.4 Å². The number of hydrogen-bond acceptors (Lipinski definition) is 2. The zero-order valence-electron chi connectivity index (χ0n) is 32.7. The molecule has 0 spiro atoms. The number of nitrogens with zero attached hydrogens (tertiary/aromatic N) is 1. The SMILES string of the molecule is Cc1ccccc1.Cc1ccccc1-c1ccc(-c2cccc3c2sc2c(N(c4ccccc4)c4ccc5c(c4)-c4ccccc4C5(C)C)cccc23)cc1C. The third kappa shape index (κ3) is 6.21. The van der Waals surface area contributed by atoms with Gasteiger partial charge < -0.3 is 4.90 Å². The summed E-state index contributed by atoms with van der Waals surface area (Å²) in [6.45, 7) is 11.2. The molecule has 8 aromatic carbocycles. The van der Waals surface area contributed by atoms with Gasteiger partial charge >= 0.3 is 0 Å². The summed E-state index contributed by atoms with van der Waals surface area (Å²) in [5.74, 6) is 0. The van der Waals surface area contributed by atoms with Crippen LogP contribution in [0.1, 0.15) is 41.7 Å². The van der Waals surface area contributed by atoms with Gasteiger partial charge in [-0.05, 0) is 107 Å². The van der Waals surface area contributed by atoms with Crippen LogP contribution in [0.3, 0.4) is 0 Å². The van der Waals surface area contributed by atoms with Crippen LogP contribution in [0.4, 0.5) is 17.1 Å². The smallest absolute Gasteiger partial charge is 0.0640 e. The Morgan fingerprint density at radius 3 is 1.73 bits per heavy atom. The zero-order chi connectivity index (χ0) is 38.4. The van der Waals surface area contributed by atoms with Crippen molar-refractivity contribution < 1.29 is 0 Å². The lowest BCUT2D eigenvalue weighted by atomic mass is 9.82. The molecule has 0 bridgehead atoms. The van der Waals surface area contributed by atoms with E-state index in [9.17, 15) is 0 Å². The van der Waals surface area contributed by atoms with E-state index in [0.717, 1.165) is 5.69 Å². The lowest BCUT2D eigenvalue weighted by Crippen LogP contribution is -2.15. The Balaban J connectivity index is 0.000000530. The molecule has 56 heavy (non-hydrogen) atoms. The highest BCUT2D eigenvalue weighted by Gasteiger charge is 2.35. The van der Waals surface area contributed by atoms with Gasteiger partial charge in [0.15, 0.2) is 0 Å². The van der Waals surface area contributed by atoms with Gasteiger partial charge in [0.25, 0.3) is 0 Å². The van der Waals surface area contributed by atoms with E-state index in [-0.39, 0.29) is 5.41 Å². The number of hydrogen-bond donors (Lipinski definition) is 0. The Morgan fingerprint density at radius 1 is 0.411 bits per heavy atom. The van der Waals surface area contributed by atoms with E-state index in [1.165, 1.54) is 92.7 Å². The van der Waals surface area contributed by atoms with Crippen LogP contribution in [-0.4, -0.2) is 0 Å². The Bertz CT molecular complexity index is 2860. The summed E-state index contributed by atoms with van der Waals surface area (Å²) in [4.78, 5) is 2.45. The first-order valence-electron chi connectivity index (χ1n) is 19.5. The van der Waals surface area contributed by atoms with Crippen LogP contribution >= 0.6 is 11.3 Å². The van der Waals surface area contributed by atoms with Gasteiger partial charge in [-0.25, -0.2) is 0 Å². The molecular weight excluding hydrogens is 695 g/mol. The fourth-order valence-electron chi connectivity index (χ4n) is 8.60. The van der Waals surface area contributed by atoms with Crippen LogP contribution in [0.2, 0.25) is 0 Å². The van der Waals surface area contributed by atoms with Crippen LogP contribution in [0.15, 0.2) is 182 Å². The number of anilines is 3. The average molecular weight is 740 g/mol. The summed E-state index contributed by atoms with van der Waals surface area (Å²) in [6.07, 6.45) is 0. The second-order valence-electron chi connectivity index (χ2n) is 15.5. The predicted molar refractivity (Wildman–Crippen MR) is 243 cm³/mol. The van der Waals surface area contributed by atoms with Crippen molar-refractivity contribution in [1.29, 1.82) is 0 Å². The molecule has 1 heterocycles. The number of benzene rings is 8. The van der Waals surface area contributed by atoms with E-state index in [4.69, 9.17) is 0 Å².